The second-order valence-corrected chi connectivity index (χ2v) is 9.83. The Morgan fingerprint density at radius 3 is 2.05 bits per heavy atom. The Morgan fingerprint density at radius 1 is 0.875 bits per heavy atom. The first-order valence-corrected chi connectivity index (χ1v) is 12.9. The first-order chi connectivity index (χ1) is 19.0. The van der Waals surface area contributed by atoms with Gasteiger partial charge in [-0.3, -0.25) is 29.3 Å². The number of ether oxygens (including phenoxy) is 3. The van der Waals surface area contributed by atoms with Crippen molar-refractivity contribution in [2.24, 2.45) is 17.8 Å². The minimum Gasteiger partial charge on any atom is -0.493 e. The van der Waals surface area contributed by atoms with Crippen molar-refractivity contribution in [1.82, 2.24) is 16.0 Å². The zero-order valence-corrected chi connectivity index (χ0v) is 23.4. The first-order valence-electron chi connectivity index (χ1n) is 12.9. The summed E-state index contributed by atoms with van der Waals surface area (Å²) < 4.78 is 16.1. The summed E-state index contributed by atoms with van der Waals surface area (Å²) in [5, 5.41) is 7.78. The number of rotatable bonds is 12. The molecule has 11 nitrogen and oxygen atoms in total. The molecular weight excluding hydrogens is 518 g/mol. The molecule has 0 aliphatic carbocycles. The van der Waals surface area contributed by atoms with Crippen LogP contribution in [0.3, 0.4) is 0 Å². The minimum atomic E-state index is -1.18. The number of benzene rings is 2. The molecule has 3 rings (SSSR count). The number of Topliss-reactive ketones (excluding diaryl/α,β-unsaturated/α-hetero) is 1. The lowest BCUT2D eigenvalue weighted by Crippen LogP contribution is -2.49. The maximum atomic E-state index is 13.4. The van der Waals surface area contributed by atoms with Gasteiger partial charge in [0.1, 0.15) is 5.92 Å². The highest BCUT2D eigenvalue weighted by atomic mass is 16.5. The number of carbonyl (C=O) groups is 5. The van der Waals surface area contributed by atoms with Crippen molar-refractivity contribution >= 4 is 29.4 Å². The smallest absolute Gasteiger partial charge is 0.255 e. The lowest BCUT2D eigenvalue weighted by Gasteiger charge is -2.26. The number of ketones is 1. The van der Waals surface area contributed by atoms with Crippen LogP contribution in [0.4, 0.5) is 0 Å². The highest BCUT2D eigenvalue weighted by Crippen LogP contribution is 2.40. The van der Waals surface area contributed by atoms with Crippen molar-refractivity contribution in [1.29, 1.82) is 0 Å². The Bertz CT molecular complexity index is 1280. The maximum Gasteiger partial charge on any atom is 0.255 e. The highest BCUT2D eigenvalue weighted by molar-refractivity contribution is 6.16. The van der Waals surface area contributed by atoms with Gasteiger partial charge in [0, 0.05) is 0 Å². The van der Waals surface area contributed by atoms with Gasteiger partial charge in [-0.05, 0) is 23.6 Å². The molecule has 40 heavy (non-hydrogen) atoms. The topological polar surface area (TPSA) is 149 Å². The number of methoxy groups -OCH3 is 3. The summed E-state index contributed by atoms with van der Waals surface area (Å²) in [6, 6.07) is 10.2. The van der Waals surface area contributed by atoms with Crippen molar-refractivity contribution in [3.05, 3.63) is 53.6 Å². The summed E-state index contributed by atoms with van der Waals surface area (Å²) in [5.74, 6) is -4.32. The monoisotopic (exact) mass is 553 g/mol. The van der Waals surface area contributed by atoms with Gasteiger partial charge >= 0.3 is 0 Å². The van der Waals surface area contributed by atoms with E-state index >= 15 is 0 Å². The predicted octanol–water partition coefficient (Wildman–Crippen LogP) is 2.19. The molecule has 0 spiro atoms. The third-order valence-electron chi connectivity index (χ3n) is 6.88. The van der Waals surface area contributed by atoms with E-state index in [2.05, 4.69) is 16.0 Å². The number of carbonyl (C=O) groups excluding carboxylic acids is 5. The van der Waals surface area contributed by atoms with Crippen molar-refractivity contribution in [2.75, 3.05) is 21.3 Å². The zero-order valence-electron chi connectivity index (χ0n) is 23.4. The summed E-state index contributed by atoms with van der Waals surface area (Å²) in [6.07, 6.45) is -0.201. The highest BCUT2D eigenvalue weighted by Gasteiger charge is 2.46. The Kier molecular flexibility index (Phi) is 9.87. The van der Waals surface area contributed by atoms with Crippen molar-refractivity contribution in [3.63, 3.8) is 0 Å². The van der Waals surface area contributed by atoms with Crippen LogP contribution in [0, 0.1) is 17.8 Å². The van der Waals surface area contributed by atoms with Crippen LogP contribution in [0.1, 0.15) is 49.2 Å². The SMILES string of the molecule is COc1ccc(C(=O)N[C@@H](CC(=O)N[C@H](C(=O)[C@@H]2C(=O)NC(=O)[C@H]2C)C(C)C)c2ccccc2)c(OC)c1OC. The van der Waals surface area contributed by atoms with E-state index in [0.717, 1.165) is 0 Å². The molecule has 3 N–H and O–H groups in total. The van der Waals surface area contributed by atoms with E-state index in [0.29, 0.717) is 11.3 Å². The molecular formula is C29H35N3O8. The molecule has 1 aliphatic rings. The molecule has 0 bridgehead atoms. The van der Waals surface area contributed by atoms with Gasteiger partial charge in [-0.1, -0.05) is 51.1 Å². The molecule has 1 saturated heterocycles. The number of imide groups is 1. The molecule has 0 aromatic heterocycles. The van der Waals surface area contributed by atoms with Gasteiger partial charge in [0.25, 0.3) is 5.91 Å². The van der Waals surface area contributed by atoms with Crippen molar-refractivity contribution < 1.29 is 38.2 Å². The largest absolute Gasteiger partial charge is 0.493 e. The van der Waals surface area contributed by atoms with E-state index < -0.39 is 53.3 Å². The van der Waals surface area contributed by atoms with Crippen LogP contribution in [0.2, 0.25) is 0 Å². The van der Waals surface area contributed by atoms with E-state index in [1.807, 2.05) is 6.07 Å². The van der Waals surface area contributed by atoms with Gasteiger partial charge in [-0.25, -0.2) is 0 Å². The van der Waals surface area contributed by atoms with Crippen LogP contribution in [-0.2, 0) is 19.2 Å². The van der Waals surface area contributed by atoms with Gasteiger partial charge in [0.05, 0.1) is 51.3 Å². The van der Waals surface area contributed by atoms with Crippen LogP contribution in [0.25, 0.3) is 0 Å². The fraction of sp³-hybridized carbons (Fsp3) is 0.414. The number of nitrogens with one attached hydrogen (secondary N) is 3. The molecule has 4 atom stereocenters. The van der Waals surface area contributed by atoms with E-state index in [-0.39, 0.29) is 29.4 Å². The summed E-state index contributed by atoms with van der Waals surface area (Å²) in [4.78, 5) is 64.1. The van der Waals surface area contributed by atoms with Crippen LogP contribution in [0.15, 0.2) is 42.5 Å². The maximum absolute atomic E-state index is 13.4. The molecule has 2 aromatic carbocycles. The number of amides is 4. The second-order valence-electron chi connectivity index (χ2n) is 9.83. The quantitative estimate of drug-likeness (QED) is 0.268. The molecule has 1 aliphatic heterocycles. The Hall–Kier alpha value is -4.41. The fourth-order valence-electron chi connectivity index (χ4n) is 4.70. The van der Waals surface area contributed by atoms with E-state index in [9.17, 15) is 24.0 Å². The summed E-state index contributed by atoms with van der Waals surface area (Å²) in [6.45, 7) is 4.98. The molecule has 2 aromatic rings. The van der Waals surface area contributed by atoms with Gasteiger partial charge in [-0.2, -0.15) is 0 Å². The zero-order chi connectivity index (χ0) is 29.6. The minimum absolute atomic E-state index is 0.166. The molecule has 4 amide bonds. The third kappa shape index (κ3) is 6.41. The Balaban J connectivity index is 1.85. The standard InChI is InChI=1S/C29H35N3O8/c1-15(2)23(24(34)22-16(3)27(35)32-29(22)37)31-21(33)14-19(17-10-8-7-9-11-17)30-28(36)18-12-13-20(38-4)26(40-6)25(18)39-5/h7-13,15-16,19,22-23H,14H2,1-6H3,(H,30,36)(H,31,33)(H,32,35,37)/t16-,19-,22+,23-/m0/s1. The van der Waals surface area contributed by atoms with E-state index in [1.165, 1.54) is 34.3 Å². The van der Waals surface area contributed by atoms with Crippen LogP contribution >= 0.6 is 0 Å². The Labute approximate surface area is 232 Å². The molecule has 11 heteroatoms. The fourth-order valence-corrected chi connectivity index (χ4v) is 4.70. The lowest BCUT2D eigenvalue weighted by atomic mass is 9.85. The molecule has 0 unspecified atom stereocenters. The first kappa shape index (κ1) is 30.1. The average Bonchev–Trinajstić information content (AvgIpc) is 3.20. The van der Waals surface area contributed by atoms with Crippen LogP contribution in [-0.4, -0.2) is 56.8 Å². The number of hydrogen-bond acceptors (Lipinski definition) is 8. The Morgan fingerprint density at radius 2 is 1.52 bits per heavy atom. The average molecular weight is 554 g/mol. The normalized spacial score (nSPS) is 18.0. The predicted molar refractivity (Wildman–Crippen MR) is 145 cm³/mol. The van der Waals surface area contributed by atoms with Gasteiger partial charge in [-0.15, -0.1) is 0 Å². The lowest BCUT2D eigenvalue weighted by molar-refractivity contribution is -0.137. The summed E-state index contributed by atoms with van der Waals surface area (Å²) >= 11 is 0. The van der Waals surface area contributed by atoms with Crippen LogP contribution in [0.5, 0.6) is 17.2 Å². The van der Waals surface area contributed by atoms with Crippen LogP contribution < -0.4 is 30.2 Å². The molecule has 214 valence electrons. The third-order valence-corrected chi connectivity index (χ3v) is 6.88. The van der Waals surface area contributed by atoms with E-state index in [1.54, 1.807) is 44.2 Å². The summed E-state index contributed by atoms with van der Waals surface area (Å²) in [7, 11) is 4.30. The van der Waals surface area contributed by atoms with E-state index in [4.69, 9.17) is 14.2 Å². The molecule has 1 heterocycles. The van der Waals surface area contributed by atoms with Crippen molar-refractivity contribution in [2.45, 2.75) is 39.3 Å². The van der Waals surface area contributed by atoms with Gasteiger partial charge in [0.15, 0.2) is 17.3 Å². The number of hydrogen-bond donors (Lipinski definition) is 3. The molecule has 1 fully saturated rings. The van der Waals surface area contributed by atoms with Gasteiger partial charge in [0.2, 0.25) is 23.5 Å². The molecule has 0 radical (unpaired) electrons. The van der Waals surface area contributed by atoms with Gasteiger partial charge < -0.3 is 24.8 Å². The molecule has 0 saturated carbocycles. The second kappa shape index (κ2) is 13.1. The summed E-state index contributed by atoms with van der Waals surface area (Å²) in [5.41, 5.74) is 0.829. The van der Waals surface area contributed by atoms with Crippen molar-refractivity contribution in [3.8, 4) is 17.2 Å².